The van der Waals surface area contributed by atoms with Crippen LogP contribution in [-0.4, -0.2) is 71.8 Å². The second-order valence-corrected chi connectivity index (χ2v) is 8.08. The maximum absolute atomic E-state index is 12.1. The fourth-order valence-electron chi connectivity index (χ4n) is 2.56. The van der Waals surface area contributed by atoms with Crippen LogP contribution in [0.15, 0.2) is 29.2 Å². The van der Waals surface area contributed by atoms with Gasteiger partial charge in [0.1, 0.15) is 5.75 Å². The molecule has 0 saturated carbocycles. The standard InChI is InChI=1S/C18H29N3O5S/c1-2-3-8-20-27(23,24)17-6-4-16(5-7-17)26-15-18(22)19-9-10-21-11-13-25-14-12-21/h4-7,20H,2-3,8-15H2,1H3,(H,19,22). The maximum atomic E-state index is 12.1. The van der Waals surface area contributed by atoms with Crippen molar-refractivity contribution in [2.24, 2.45) is 0 Å². The Morgan fingerprint density at radius 2 is 1.89 bits per heavy atom. The first-order valence-corrected chi connectivity index (χ1v) is 10.8. The van der Waals surface area contributed by atoms with E-state index in [1.165, 1.54) is 12.1 Å². The zero-order valence-electron chi connectivity index (χ0n) is 15.8. The SMILES string of the molecule is CCCCNS(=O)(=O)c1ccc(OCC(=O)NCCN2CCOCC2)cc1. The third kappa shape index (κ3) is 7.84. The van der Waals surface area contributed by atoms with Gasteiger partial charge in [-0.25, -0.2) is 13.1 Å². The van der Waals surface area contributed by atoms with E-state index in [-0.39, 0.29) is 17.4 Å². The van der Waals surface area contributed by atoms with Crippen LogP contribution in [0.5, 0.6) is 5.75 Å². The molecule has 1 aromatic carbocycles. The molecule has 1 saturated heterocycles. The zero-order chi connectivity index (χ0) is 19.5. The van der Waals surface area contributed by atoms with E-state index < -0.39 is 10.0 Å². The molecule has 1 aromatic rings. The number of nitrogens with zero attached hydrogens (tertiary/aromatic N) is 1. The Balaban J connectivity index is 1.70. The summed E-state index contributed by atoms with van der Waals surface area (Å²) in [6.45, 7) is 6.89. The number of carbonyl (C=O) groups is 1. The third-order valence-corrected chi connectivity index (χ3v) is 5.66. The number of hydrogen-bond donors (Lipinski definition) is 2. The minimum atomic E-state index is -3.50. The lowest BCUT2D eigenvalue weighted by Gasteiger charge is -2.26. The van der Waals surface area contributed by atoms with Gasteiger partial charge in [0, 0.05) is 32.7 Å². The molecule has 1 aliphatic heterocycles. The highest BCUT2D eigenvalue weighted by molar-refractivity contribution is 7.89. The summed E-state index contributed by atoms with van der Waals surface area (Å²) in [6.07, 6.45) is 1.71. The van der Waals surface area contributed by atoms with E-state index in [0.717, 1.165) is 45.7 Å². The minimum absolute atomic E-state index is 0.107. The van der Waals surface area contributed by atoms with Gasteiger partial charge in [-0.1, -0.05) is 13.3 Å². The van der Waals surface area contributed by atoms with Crippen LogP contribution < -0.4 is 14.8 Å². The van der Waals surface area contributed by atoms with E-state index in [1.807, 2.05) is 6.92 Å². The number of amides is 1. The lowest BCUT2D eigenvalue weighted by atomic mass is 10.3. The second-order valence-electron chi connectivity index (χ2n) is 6.32. The second kappa shape index (κ2) is 11.2. The van der Waals surface area contributed by atoms with Crippen molar-refractivity contribution in [2.75, 3.05) is 52.5 Å². The molecule has 0 atom stereocenters. The van der Waals surface area contributed by atoms with Gasteiger partial charge >= 0.3 is 0 Å². The molecule has 0 aromatic heterocycles. The van der Waals surface area contributed by atoms with Gasteiger partial charge < -0.3 is 14.8 Å². The summed E-state index contributed by atoms with van der Waals surface area (Å²) in [5.74, 6) is 0.243. The molecule has 8 nitrogen and oxygen atoms in total. The van der Waals surface area contributed by atoms with Gasteiger partial charge in [-0.3, -0.25) is 9.69 Å². The number of benzene rings is 1. The maximum Gasteiger partial charge on any atom is 0.257 e. The molecule has 0 spiro atoms. The minimum Gasteiger partial charge on any atom is -0.484 e. The topological polar surface area (TPSA) is 97.0 Å². The van der Waals surface area contributed by atoms with Crippen LogP contribution in [0.2, 0.25) is 0 Å². The van der Waals surface area contributed by atoms with Gasteiger partial charge in [-0.05, 0) is 30.7 Å². The van der Waals surface area contributed by atoms with E-state index in [0.29, 0.717) is 18.8 Å². The normalized spacial score (nSPS) is 15.4. The van der Waals surface area contributed by atoms with Crippen molar-refractivity contribution in [3.63, 3.8) is 0 Å². The molecule has 152 valence electrons. The summed E-state index contributed by atoms with van der Waals surface area (Å²) < 4.78 is 37.5. The molecule has 1 aliphatic rings. The van der Waals surface area contributed by atoms with Gasteiger partial charge in [0.2, 0.25) is 10.0 Å². The van der Waals surface area contributed by atoms with Crippen molar-refractivity contribution in [1.29, 1.82) is 0 Å². The van der Waals surface area contributed by atoms with Gasteiger partial charge in [-0.2, -0.15) is 0 Å². The highest BCUT2D eigenvalue weighted by Crippen LogP contribution is 2.15. The molecule has 0 bridgehead atoms. The molecular formula is C18H29N3O5S. The molecule has 27 heavy (non-hydrogen) atoms. The lowest BCUT2D eigenvalue weighted by molar-refractivity contribution is -0.123. The van der Waals surface area contributed by atoms with Crippen molar-refractivity contribution in [3.8, 4) is 5.75 Å². The summed E-state index contributed by atoms with van der Waals surface area (Å²) in [5, 5.41) is 2.81. The number of hydrogen-bond acceptors (Lipinski definition) is 6. The highest BCUT2D eigenvalue weighted by atomic mass is 32.2. The third-order valence-electron chi connectivity index (χ3n) is 4.18. The zero-order valence-corrected chi connectivity index (χ0v) is 16.6. The molecule has 1 fully saturated rings. The summed E-state index contributed by atoms with van der Waals surface area (Å²) in [5.41, 5.74) is 0. The van der Waals surface area contributed by atoms with Crippen LogP contribution in [0.25, 0.3) is 0 Å². The molecule has 2 rings (SSSR count). The molecule has 9 heteroatoms. The Kier molecular flexibility index (Phi) is 8.99. The van der Waals surface area contributed by atoms with E-state index in [1.54, 1.807) is 12.1 Å². The van der Waals surface area contributed by atoms with Crippen LogP contribution in [0.1, 0.15) is 19.8 Å². The largest absolute Gasteiger partial charge is 0.484 e. The number of carbonyl (C=O) groups excluding carboxylic acids is 1. The quantitative estimate of drug-likeness (QED) is 0.529. The van der Waals surface area contributed by atoms with Crippen molar-refractivity contribution in [2.45, 2.75) is 24.7 Å². The van der Waals surface area contributed by atoms with Crippen LogP contribution in [-0.2, 0) is 19.6 Å². The Morgan fingerprint density at radius 3 is 2.56 bits per heavy atom. The highest BCUT2D eigenvalue weighted by Gasteiger charge is 2.13. The van der Waals surface area contributed by atoms with E-state index in [9.17, 15) is 13.2 Å². The van der Waals surface area contributed by atoms with E-state index >= 15 is 0 Å². The van der Waals surface area contributed by atoms with Gasteiger partial charge in [0.05, 0.1) is 18.1 Å². The first-order chi connectivity index (χ1) is 13.0. The van der Waals surface area contributed by atoms with Crippen molar-refractivity contribution in [1.82, 2.24) is 14.9 Å². The molecule has 1 heterocycles. The number of ether oxygens (including phenoxy) is 2. The molecule has 0 unspecified atom stereocenters. The van der Waals surface area contributed by atoms with Crippen LogP contribution in [0.4, 0.5) is 0 Å². The lowest BCUT2D eigenvalue weighted by Crippen LogP contribution is -2.42. The Bertz CT molecular complexity index is 673. The van der Waals surface area contributed by atoms with E-state index in [2.05, 4.69) is 14.9 Å². The average Bonchev–Trinajstić information content (AvgIpc) is 2.68. The van der Waals surface area contributed by atoms with Crippen molar-refractivity contribution in [3.05, 3.63) is 24.3 Å². The first-order valence-electron chi connectivity index (χ1n) is 9.30. The summed E-state index contributed by atoms with van der Waals surface area (Å²) in [4.78, 5) is 14.3. The first kappa shape index (κ1) is 21.6. The fourth-order valence-corrected chi connectivity index (χ4v) is 3.63. The molecule has 1 amide bonds. The summed E-state index contributed by atoms with van der Waals surface area (Å²) in [7, 11) is -3.50. The van der Waals surface area contributed by atoms with Crippen LogP contribution >= 0.6 is 0 Å². The van der Waals surface area contributed by atoms with Crippen LogP contribution in [0.3, 0.4) is 0 Å². The summed E-state index contributed by atoms with van der Waals surface area (Å²) in [6, 6.07) is 6.05. The fraction of sp³-hybridized carbons (Fsp3) is 0.611. The van der Waals surface area contributed by atoms with Crippen molar-refractivity contribution < 1.29 is 22.7 Å². The Morgan fingerprint density at radius 1 is 1.19 bits per heavy atom. The van der Waals surface area contributed by atoms with Gasteiger partial charge in [0.25, 0.3) is 5.91 Å². The average molecular weight is 400 g/mol. The van der Waals surface area contributed by atoms with Gasteiger partial charge in [-0.15, -0.1) is 0 Å². The predicted molar refractivity (Wildman–Crippen MR) is 102 cm³/mol. The molecule has 0 radical (unpaired) electrons. The van der Waals surface area contributed by atoms with Crippen molar-refractivity contribution >= 4 is 15.9 Å². The number of nitrogens with one attached hydrogen (secondary N) is 2. The number of sulfonamides is 1. The number of unbranched alkanes of at least 4 members (excludes halogenated alkanes) is 1. The number of morpholine rings is 1. The monoisotopic (exact) mass is 399 g/mol. The van der Waals surface area contributed by atoms with E-state index in [4.69, 9.17) is 9.47 Å². The molecule has 2 N–H and O–H groups in total. The van der Waals surface area contributed by atoms with Crippen LogP contribution in [0, 0.1) is 0 Å². The number of rotatable bonds is 11. The molecule has 0 aliphatic carbocycles. The van der Waals surface area contributed by atoms with Gasteiger partial charge in [0.15, 0.2) is 6.61 Å². The Hall–Kier alpha value is -1.68. The smallest absolute Gasteiger partial charge is 0.257 e. The predicted octanol–water partition coefficient (Wildman–Crippen LogP) is 0.592. The summed E-state index contributed by atoms with van der Waals surface area (Å²) >= 11 is 0. The molecular weight excluding hydrogens is 370 g/mol. The Labute approximate surface area is 161 Å².